The van der Waals surface area contributed by atoms with Gasteiger partial charge in [-0.2, -0.15) is 9.98 Å². The fraction of sp³-hybridized carbons (Fsp3) is 0. The average molecular weight is 212 g/mol. The van der Waals surface area contributed by atoms with Gasteiger partial charge in [0.2, 0.25) is 0 Å². The predicted octanol–water partition coefficient (Wildman–Crippen LogP) is 0.217. The lowest BCUT2D eigenvalue weighted by molar-refractivity contribution is 0.256. The monoisotopic (exact) mass is 211 g/mol. The third-order valence-corrected chi connectivity index (χ3v) is 1.86. The Bertz CT molecular complexity index is 440. The molecule has 0 unspecified atom stereocenters. The van der Waals surface area contributed by atoms with Gasteiger partial charge in [-0.3, -0.25) is 4.98 Å². The van der Waals surface area contributed by atoms with E-state index in [0.29, 0.717) is 15.2 Å². The van der Waals surface area contributed by atoms with E-state index in [1.165, 1.54) is 6.20 Å². The molecule has 1 aromatic rings. The predicted molar refractivity (Wildman–Crippen MR) is 39.6 cm³/mol. The SMILES string of the molecule is O=C1N=c2cncc(Br)c2=N1. The number of pyridine rings is 1. The molecule has 54 valence electrons. The number of carbonyl (C=O) groups excluding carboxylic acids is 1. The summed E-state index contributed by atoms with van der Waals surface area (Å²) in [5.41, 5.74) is 0. The Morgan fingerprint density at radius 1 is 1.27 bits per heavy atom. The van der Waals surface area contributed by atoms with Crippen LogP contribution in [0.3, 0.4) is 0 Å². The summed E-state index contributed by atoms with van der Waals surface area (Å²) in [6.07, 6.45) is 3.09. The van der Waals surface area contributed by atoms with E-state index in [4.69, 9.17) is 0 Å². The Kier molecular flexibility index (Phi) is 1.32. The van der Waals surface area contributed by atoms with Crippen molar-refractivity contribution in [1.29, 1.82) is 0 Å². The molecule has 0 saturated heterocycles. The van der Waals surface area contributed by atoms with Gasteiger partial charge in [0.15, 0.2) is 0 Å². The fourth-order valence-electron chi connectivity index (χ4n) is 0.834. The molecule has 0 N–H and O–H groups in total. The van der Waals surface area contributed by atoms with Gasteiger partial charge >= 0.3 is 6.03 Å². The standard InChI is InChI=1S/C6H2BrN3O/c7-3-1-8-2-4-5(3)10-6(11)9-4/h1-2H. The molecule has 0 radical (unpaired) electrons. The van der Waals surface area contributed by atoms with E-state index < -0.39 is 6.03 Å². The van der Waals surface area contributed by atoms with Gasteiger partial charge in [0.25, 0.3) is 0 Å². The van der Waals surface area contributed by atoms with Crippen molar-refractivity contribution >= 4 is 22.0 Å². The third-order valence-electron chi connectivity index (χ3n) is 1.28. The van der Waals surface area contributed by atoms with Crippen LogP contribution in [-0.2, 0) is 0 Å². The highest BCUT2D eigenvalue weighted by Crippen LogP contribution is 1.98. The Labute approximate surface area is 69.8 Å². The van der Waals surface area contributed by atoms with Gasteiger partial charge in [0.05, 0.1) is 10.7 Å². The second kappa shape index (κ2) is 2.20. The van der Waals surface area contributed by atoms with Crippen LogP contribution in [0.4, 0.5) is 4.79 Å². The third kappa shape index (κ3) is 0.970. The zero-order valence-electron chi connectivity index (χ0n) is 5.28. The number of carbonyl (C=O) groups is 1. The van der Waals surface area contributed by atoms with Crippen molar-refractivity contribution in [1.82, 2.24) is 4.98 Å². The minimum atomic E-state index is -0.464. The van der Waals surface area contributed by atoms with Crippen LogP contribution in [0, 0.1) is 0 Å². The number of rotatable bonds is 0. The van der Waals surface area contributed by atoms with Crippen molar-refractivity contribution in [3.05, 3.63) is 27.6 Å². The number of fused-ring (bicyclic) bond motifs is 1. The highest BCUT2D eigenvalue weighted by atomic mass is 79.9. The van der Waals surface area contributed by atoms with E-state index in [1.807, 2.05) is 0 Å². The summed E-state index contributed by atoms with van der Waals surface area (Å²) in [4.78, 5) is 21.8. The molecule has 0 aliphatic carbocycles. The number of amides is 2. The van der Waals surface area contributed by atoms with E-state index in [2.05, 4.69) is 30.9 Å². The molecule has 11 heavy (non-hydrogen) atoms. The minimum Gasteiger partial charge on any atom is -0.261 e. The number of halogens is 1. The van der Waals surface area contributed by atoms with E-state index in [-0.39, 0.29) is 0 Å². The fourth-order valence-corrected chi connectivity index (χ4v) is 1.24. The molecule has 2 heterocycles. The second-order valence-corrected chi connectivity index (χ2v) is 2.85. The Balaban J connectivity index is 2.97. The lowest BCUT2D eigenvalue weighted by Crippen LogP contribution is -2.23. The van der Waals surface area contributed by atoms with Gasteiger partial charge in [0.1, 0.15) is 10.7 Å². The van der Waals surface area contributed by atoms with Crippen LogP contribution < -0.4 is 10.7 Å². The summed E-state index contributed by atoms with van der Waals surface area (Å²) in [6.45, 7) is 0. The zero-order valence-corrected chi connectivity index (χ0v) is 6.87. The lowest BCUT2D eigenvalue weighted by atomic mass is 10.4. The van der Waals surface area contributed by atoms with Crippen LogP contribution in [0.15, 0.2) is 26.9 Å². The average Bonchev–Trinajstić information content (AvgIpc) is 2.31. The lowest BCUT2D eigenvalue weighted by Gasteiger charge is -1.83. The minimum absolute atomic E-state index is 0.464. The molecule has 0 spiro atoms. The molecule has 0 atom stereocenters. The van der Waals surface area contributed by atoms with Crippen molar-refractivity contribution in [2.75, 3.05) is 0 Å². The number of urea groups is 1. The van der Waals surface area contributed by atoms with E-state index in [9.17, 15) is 4.79 Å². The van der Waals surface area contributed by atoms with Gasteiger partial charge in [-0.15, -0.1) is 0 Å². The number of aromatic nitrogens is 1. The van der Waals surface area contributed by atoms with Gasteiger partial charge in [-0.25, -0.2) is 4.79 Å². The van der Waals surface area contributed by atoms with Crippen LogP contribution in [0.2, 0.25) is 0 Å². The number of hydrogen-bond donors (Lipinski definition) is 0. The Hall–Kier alpha value is -1.10. The first-order valence-corrected chi connectivity index (χ1v) is 3.67. The molecule has 1 aliphatic heterocycles. The first kappa shape index (κ1) is 6.60. The molecule has 5 heteroatoms. The highest BCUT2D eigenvalue weighted by molar-refractivity contribution is 9.10. The summed E-state index contributed by atoms with van der Waals surface area (Å²) < 4.78 is 0.699. The maximum absolute atomic E-state index is 10.7. The van der Waals surface area contributed by atoms with Gasteiger partial charge in [-0.1, -0.05) is 0 Å². The van der Waals surface area contributed by atoms with Crippen LogP contribution in [0.5, 0.6) is 0 Å². The van der Waals surface area contributed by atoms with E-state index in [0.717, 1.165) is 0 Å². The summed E-state index contributed by atoms with van der Waals surface area (Å²) in [6, 6.07) is -0.464. The molecule has 0 fully saturated rings. The molecule has 0 saturated carbocycles. The Morgan fingerprint density at radius 2 is 2.09 bits per heavy atom. The van der Waals surface area contributed by atoms with Crippen LogP contribution in [-0.4, -0.2) is 11.0 Å². The highest BCUT2D eigenvalue weighted by Gasteiger charge is 2.06. The Morgan fingerprint density at radius 3 is 2.82 bits per heavy atom. The molecule has 2 amide bonds. The second-order valence-electron chi connectivity index (χ2n) is 2.00. The van der Waals surface area contributed by atoms with Crippen molar-refractivity contribution < 1.29 is 4.79 Å². The maximum Gasteiger partial charge on any atom is 0.368 e. The van der Waals surface area contributed by atoms with Gasteiger partial charge < -0.3 is 0 Å². The smallest absolute Gasteiger partial charge is 0.261 e. The van der Waals surface area contributed by atoms with Crippen LogP contribution in [0.1, 0.15) is 0 Å². The van der Waals surface area contributed by atoms with Gasteiger partial charge in [-0.05, 0) is 15.9 Å². The summed E-state index contributed by atoms with van der Waals surface area (Å²) in [5, 5.41) is 1.11. The van der Waals surface area contributed by atoms with Gasteiger partial charge in [0, 0.05) is 6.20 Å². The van der Waals surface area contributed by atoms with E-state index >= 15 is 0 Å². The molecule has 2 rings (SSSR count). The number of nitrogens with zero attached hydrogens (tertiary/aromatic N) is 3. The zero-order chi connectivity index (χ0) is 7.84. The molecule has 0 aromatic carbocycles. The first-order valence-electron chi connectivity index (χ1n) is 2.88. The topological polar surface area (TPSA) is 54.7 Å². The first-order chi connectivity index (χ1) is 5.27. The van der Waals surface area contributed by atoms with Crippen LogP contribution >= 0.6 is 15.9 Å². The maximum atomic E-state index is 10.7. The van der Waals surface area contributed by atoms with Crippen molar-refractivity contribution in [3.63, 3.8) is 0 Å². The summed E-state index contributed by atoms with van der Waals surface area (Å²) in [5.74, 6) is 0. The van der Waals surface area contributed by atoms with Crippen LogP contribution in [0.25, 0.3) is 0 Å². The molecule has 4 nitrogen and oxygen atoms in total. The van der Waals surface area contributed by atoms with E-state index in [1.54, 1.807) is 6.20 Å². The largest absolute Gasteiger partial charge is 0.368 e. The van der Waals surface area contributed by atoms with Crippen molar-refractivity contribution in [3.8, 4) is 0 Å². The summed E-state index contributed by atoms with van der Waals surface area (Å²) >= 11 is 3.21. The normalized spacial score (nSPS) is 13.7. The molecular weight excluding hydrogens is 210 g/mol. The quantitative estimate of drug-likeness (QED) is 0.617. The molecule has 0 bridgehead atoms. The number of hydrogen-bond acceptors (Lipinski definition) is 2. The summed E-state index contributed by atoms with van der Waals surface area (Å²) in [7, 11) is 0. The molecular formula is C6H2BrN3O. The molecule has 1 aromatic heterocycles. The van der Waals surface area contributed by atoms with Crippen molar-refractivity contribution in [2.45, 2.75) is 0 Å². The molecule has 1 aliphatic rings. The van der Waals surface area contributed by atoms with Crippen molar-refractivity contribution in [2.24, 2.45) is 9.98 Å².